The molecule has 1 atom stereocenters. The van der Waals surface area contributed by atoms with Gasteiger partial charge in [0.05, 0.1) is 11.6 Å². The lowest BCUT2D eigenvalue weighted by Crippen LogP contribution is -2.47. The Kier molecular flexibility index (Phi) is 5.51. The summed E-state index contributed by atoms with van der Waals surface area (Å²) in [5.74, 6) is 0.247. The van der Waals surface area contributed by atoms with Crippen LogP contribution in [0.25, 0.3) is 11.3 Å². The molecule has 5 nitrogen and oxygen atoms in total. The average Bonchev–Trinajstić information content (AvgIpc) is 3.20. The summed E-state index contributed by atoms with van der Waals surface area (Å²) in [4.78, 5) is 19.8. The van der Waals surface area contributed by atoms with E-state index in [4.69, 9.17) is 9.72 Å². The summed E-state index contributed by atoms with van der Waals surface area (Å²) in [6.07, 6.45) is 3.85. The summed E-state index contributed by atoms with van der Waals surface area (Å²) in [5.41, 5.74) is 2.15. The topological polar surface area (TPSA) is 54.5 Å². The van der Waals surface area contributed by atoms with Gasteiger partial charge in [-0.25, -0.2) is 4.98 Å². The molecule has 26 heavy (non-hydrogen) atoms. The van der Waals surface area contributed by atoms with E-state index in [1.807, 2.05) is 18.2 Å². The number of hydrogen-bond donors (Lipinski definition) is 1. The first-order valence-corrected chi connectivity index (χ1v) is 10.3. The van der Waals surface area contributed by atoms with Crippen LogP contribution in [-0.2, 0) is 9.53 Å². The van der Waals surface area contributed by atoms with Crippen LogP contribution in [0.1, 0.15) is 25.7 Å². The van der Waals surface area contributed by atoms with Crippen LogP contribution in [0.3, 0.4) is 0 Å². The predicted molar refractivity (Wildman–Crippen MR) is 104 cm³/mol. The lowest BCUT2D eigenvalue weighted by atomic mass is 9.96. The maximum Gasteiger partial charge on any atom is 0.225 e. The molecule has 0 saturated carbocycles. The summed E-state index contributed by atoms with van der Waals surface area (Å²) < 4.78 is 5.37. The van der Waals surface area contributed by atoms with Gasteiger partial charge in [0.1, 0.15) is 0 Å². The highest BCUT2D eigenvalue weighted by atomic mass is 32.1. The fraction of sp³-hybridized carbons (Fsp3) is 0.500. The van der Waals surface area contributed by atoms with Crippen molar-refractivity contribution in [2.45, 2.75) is 31.7 Å². The van der Waals surface area contributed by atoms with Gasteiger partial charge in [0.15, 0.2) is 5.13 Å². The SMILES string of the molecule is O=C(NC1CCOCC1)C1CCCN(c2nc(-c3ccccc3)cs2)C1. The monoisotopic (exact) mass is 371 g/mol. The Morgan fingerprint density at radius 3 is 2.81 bits per heavy atom. The summed E-state index contributed by atoms with van der Waals surface area (Å²) in [5, 5.41) is 6.36. The third-order valence-corrected chi connectivity index (χ3v) is 6.09. The smallest absolute Gasteiger partial charge is 0.225 e. The van der Waals surface area contributed by atoms with Crippen LogP contribution in [-0.4, -0.2) is 43.2 Å². The van der Waals surface area contributed by atoms with Crippen molar-refractivity contribution in [1.82, 2.24) is 10.3 Å². The van der Waals surface area contributed by atoms with E-state index in [0.29, 0.717) is 0 Å². The Labute approximate surface area is 158 Å². The van der Waals surface area contributed by atoms with Crippen molar-refractivity contribution in [1.29, 1.82) is 0 Å². The number of anilines is 1. The van der Waals surface area contributed by atoms with Crippen molar-refractivity contribution in [2.24, 2.45) is 5.92 Å². The van der Waals surface area contributed by atoms with Crippen LogP contribution in [0.15, 0.2) is 35.7 Å². The minimum Gasteiger partial charge on any atom is -0.381 e. The largest absolute Gasteiger partial charge is 0.381 e. The first-order chi connectivity index (χ1) is 12.8. The molecule has 2 aromatic rings. The second kappa shape index (κ2) is 8.18. The second-order valence-corrected chi connectivity index (χ2v) is 7.90. The normalized spacial score (nSPS) is 21.5. The van der Waals surface area contributed by atoms with Gasteiger partial charge in [-0.1, -0.05) is 30.3 Å². The number of amides is 1. The molecule has 0 bridgehead atoms. The van der Waals surface area contributed by atoms with Crippen molar-refractivity contribution < 1.29 is 9.53 Å². The number of carbonyl (C=O) groups excluding carboxylic acids is 1. The van der Waals surface area contributed by atoms with E-state index < -0.39 is 0 Å². The Balaban J connectivity index is 1.39. The third-order valence-electron chi connectivity index (χ3n) is 5.19. The number of ether oxygens (including phenoxy) is 1. The zero-order chi connectivity index (χ0) is 17.8. The quantitative estimate of drug-likeness (QED) is 0.896. The molecule has 1 amide bonds. The van der Waals surface area contributed by atoms with E-state index in [1.54, 1.807) is 11.3 Å². The van der Waals surface area contributed by atoms with E-state index in [-0.39, 0.29) is 17.9 Å². The molecular formula is C20H25N3O2S. The number of aromatic nitrogens is 1. The Bertz CT molecular complexity index is 728. The maximum absolute atomic E-state index is 12.7. The van der Waals surface area contributed by atoms with E-state index in [9.17, 15) is 4.79 Å². The minimum atomic E-state index is 0.0515. The first-order valence-electron chi connectivity index (χ1n) is 9.43. The highest BCUT2D eigenvalue weighted by Crippen LogP contribution is 2.30. The molecule has 1 unspecified atom stereocenters. The fourth-order valence-corrected chi connectivity index (χ4v) is 4.55. The van der Waals surface area contributed by atoms with Crippen LogP contribution in [0.5, 0.6) is 0 Å². The Morgan fingerprint density at radius 2 is 2.00 bits per heavy atom. The number of benzene rings is 1. The van der Waals surface area contributed by atoms with Crippen LogP contribution >= 0.6 is 11.3 Å². The molecule has 0 aliphatic carbocycles. The van der Waals surface area contributed by atoms with Gasteiger partial charge < -0.3 is 15.0 Å². The van der Waals surface area contributed by atoms with Crippen LogP contribution < -0.4 is 10.2 Å². The summed E-state index contributed by atoms with van der Waals surface area (Å²) in [7, 11) is 0. The van der Waals surface area contributed by atoms with Gasteiger partial charge in [-0.15, -0.1) is 11.3 Å². The van der Waals surface area contributed by atoms with Crippen molar-refractivity contribution >= 4 is 22.4 Å². The molecule has 1 aromatic carbocycles. The molecule has 6 heteroatoms. The van der Waals surface area contributed by atoms with Gasteiger partial charge in [0, 0.05) is 43.3 Å². The van der Waals surface area contributed by atoms with Gasteiger partial charge in [0.2, 0.25) is 5.91 Å². The number of piperidine rings is 1. The molecule has 1 N–H and O–H groups in total. The molecule has 2 fully saturated rings. The highest BCUT2D eigenvalue weighted by molar-refractivity contribution is 7.14. The molecule has 2 saturated heterocycles. The van der Waals surface area contributed by atoms with Crippen molar-refractivity contribution in [2.75, 3.05) is 31.2 Å². The van der Waals surface area contributed by atoms with Gasteiger partial charge in [-0.05, 0) is 25.7 Å². The van der Waals surface area contributed by atoms with Gasteiger partial charge in [-0.2, -0.15) is 0 Å². The average molecular weight is 372 g/mol. The highest BCUT2D eigenvalue weighted by Gasteiger charge is 2.29. The lowest BCUT2D eigenvalue weighted by Gasteiger charge is -2.33. The standard InChI is InChI=1S/C20H25N3O2S/c24-19(21-17-8-11-25-12-9-17)16-7-4-10-23(13-16)20-22-18(14-26-20)15-5-2-1-3-6-15/h1-3,5-6,14,16-17H,4,7-13H2,(H,21,24). The molecule has 0 radical (unpaired) electrons. The Morgan fingerprint density at radius 1 is 1.19 bits per heavy atom. The van der Waals surface area contributed by atoms with Crippen LogP contribution in [0.2, 0.25) is 0 Å². The van der Waals surface area contributed by atoms with Crippen molar-refractivity contribution in [3.63, 3.8) is 0 Å². The van der Waals surface area contributed by atoms with Gasteiger partial charge >= 0.3 is 0 Å². The molecule has 1 aromatic heterocycles. The van der Waals surface area contributed by atoms with E-state index in [1.165, 1.54) is 0 Å². The molecular weight excluding hydrogens is 346 g/mol. The maximum atomic E-state index is 12.7. The van der Waals surface area contributed by atoms with E-state index in [0.717, 1.165) is 68.4 Å². The fourth-order valence-electron chi connectivity index (χ4n) is 3.68. The summed E-state index contributed by atoms with van der Waals surface area (Å²) >= 11 is 1.67. The molecule has 2 aliphatic rings. The molecule has 3 heterocycles. The lowest BCUT2D eigenvalue weighted by molar-refractivity contribution is -0.126. The number of carbonyl (C=O) groups is 1. The Hall–Kier alpha value is -1.92. The number of nitrogens with one attached hydrogen (secondary N) is 1. The summed E-state index contributed by atoms with van der Waals surface area (Å²) in [6, 6.07) is 10.5. The number of rotatable bonds is 4. The van der Waals surface area contributed by atoms with E-state index in [2.05, 4.69) is 27.7 Å². The molecule has 0 spiro atoms. The molecule has 2 aliphatic heterocycles. The van der Waals surface area contributed by atoms with Crippen molar-refractivity contribution in [3.05, 3.63) is 35.7 Å². The van der Waals surface area contributed by atoms with Crippen molar-refractivity contribution in [3.8, 4) is 11.3 Å². The summed E-state index contributed by atoms with van der Waals surface area (Å²) in [6.45, 7) is 3.24. The zero-order valence-electron chi connectivity index (χ0n) is 14.9. The third kappa shape index (κ3) is 4.07. The number of thiazole rings is 1. The van der Waals surface area contributed by atoms with Gasteiger partial charge in [0.25, 0.3) is 0 Å². The minimum absolute atomic E-state index is 0.0515. The molecule has 138 valence electrons. The predicted octanol–water partition coefficient (Wildman–Crippen LogP) is 3.32. The van der Waals surface area contributed by atoms with Crippen LogP contribution in [0.4, 0.5) is 5.13 Å². The zero-order valence-corrected chi connectivity index (χ0v) is 15.7. The second-order valence-electron chi connectivity index (χ2n) is 7.06. The van der Waals surface area contributed by atoms with Gasteiger partial charge in [-0.3, -0.25) is 4.79 Å². The first kappa shape index (κ1) is 17.5. The number of hydrogen-bond acceptors (Lipinski definition) is 5. The number of nitrogens with zero attached hydrogens (tertiary/aromatic N) is 2. The molecule has 4 rings (SSSR count). The van der Waals surface area contributed by atoms with Crippen LogP contribution in [0, 0.1) is 5.92 Å². The van der Waals surface area contributed by atoms with E-state index >= 15 is 0 Å².